The van der Waals surface area contributed by atoms with Crippen molar-refractivity contribution in [2.75, 3.05) is 13.2 Å². The smallest absolute Gasteiger partial charge is 0.378 e. The molecule has 0 aliphatic carbocycles. The molecule has 1 fully saturated rings. The van der Waals surface area contributed by atoms with Crippen molar-refractivity contribution < 1.29 is 27.1 Å². The molecule has 2 rings (SSSR count). The van der Waals surface area contributed by atoms with Crippen LogP contribution in [0.4, 0.5) is 17.6 Å². The molecular weight excluding hydrogens is 290 g/mol. The van der Waals surface area contributed by atoms with Crippen molar-refractivity contribution in [1.82, 2.24) is 5.32 Å². The lowest BCUT2D eigenvalue weighted by atomic mass is 10.1. The molecule has 1 N–H and O–H groups in total. The Morgan fingerprint density at radius 2 is 2.14 bits per heavy atom. The van der Waals surface area contributed by atoms with Gasteiger partial charge < -0.3 is 10.1 Å². The van der Waals surface area contributed by atoms with Gasteiger partial charge in [0, 0.05) is 18.7 Å². The molecule has 1 aromatic carbocycles. The van der Waals surface area contributed by atoms with Crippen LogP contribution in [0.3, 0.4) is 0 Å². The van der Waals surface area contributed by atoms with E-state index < -0.39 is 23.5 Å². The van der Waals surface area contributed by atoms with Crippen molar-refractivity contribution >= 4 is 5.91 Å². The van der Waals surface area contributed by atoms with Crippen LogP contribution in [-0.4, -0.2) is 25.2 Å². The standard InChI is InChI=1S/C14H15F4NO2/c15-12-4-3-9(8-11(12)14(16,17)18)13(20)19-6-5-10-2-1-7-21-10/h3-4,8,10H,1-2,5-7H2,(H,19,20). The molecule has 3 nitrogen and oxygen atoms in total. The average Bonchev–Trinajstić information content (AvgIpc) is 2.91. The van der Waals surface area contributed by atoms with Gasteiger partial charge in [-0.15, -0.1) is 0 Å². The summed E-state index contributed by atoms with van der Waals surface area (Å²) >= 11 is 0. The van der Waals surface area contributed by atoms with Gasteiger partial charge in [0.25, 0.3) is 5.91 Å². The van der Waals surface area contributed by atoms with Crippen LogP contribution in [0.15, 0.2) is 18.2 Å². The van der Waals surface area contributed by atoms with E-state index >= 15 is 0 Å². The third-order valence-electron chi connectivity index (χ3n) is 3.31. The first-order valence-corrected chi connectivity index (χ1v) is 6.64. The van der Waals surface area contributed by atoms with E-state index in [9.17, 15) is 22.4 Å². The van der Waals surface area contributed by atoms with Crippen LogP contribution in [-0.2, 0) is 10.9 Å². The molecule has 21 heavy (non-hydrogen) atoms. The van der Waals surface area contributed by atoms with Crippen molar-refractivity contribution in [3.05, 3.63) is 35.1 Å². The monoisotopic (exact) mass is 305 g/mol. The van der Waals surface area contributed by atoms with Crippen LogP contribution < -0.4 is 5.32 Å². The van der Waals surface area contributed by atoms with Crippen molar-refractivity contribution in [2.24, 2.45) is 0 Å². The summed E-state index contributed by atoms with van der Waals surface area (Å²) in [7, 11) is 0. The molecule has 7 heteroatoms. The number of nitrogens with one attached hydrogen (secondary N) is 1. The van der Waals surface area contributed by atoms with E-state index in [1.165, 1.54) is 0 Å². The number of carbonyl (C=O) groups is 1. The molecule has 1 unspecified atom stereocenters. The first-order chi connectivity index (χ1) is 9.88. The fourth-order valence-electron chi connectivity index (χ4n) is 2.20. The first-order valence-electron chi connectivity index (χ1n) is 6.64. The first kappa shape index (κ1) is 15.8. The minimum Gasteiger partial charge on any atom is -0.378 e. The van der Waals surface area contributed by atoms with Crippen LogP contribution in [0.25, 0.3) is 0 Å². The molecule has 1 aliphatic heterocycles. The van der Waals surface area contributed by atoms with E-state index in [4.69, 9.17) is 4.74 Å². The maximum atomic E-state index is 13.1. The fourth-order valence-corrected chi connectivity index (χ4v) is 2.20. The van der Waals surface area contributed by atoms with E-state index in [0.717, 1.165) is 18.9 Å². The average molecular weight is 305 g/mol. The number of hydrogen-bond donors (Lipinski definition) is 1. The van der Waals surface area contributed by atoms with Crippen molar-refractivity contribution in [2.45, 2.75) is 31.5 Å². The molecule has 0 bridgehead atoms. The van der Waals surface area contributed by atoms with Crippen molar-refractivity contribution in [1.29, 1.82) is 0 Å². The summed E-state index contributed by atoms with van der Waals surface area (Å²) < 4.78 is 56.2. The summed E-state index contributed by atoms with van der Waals surface area (Å²) in [4.78, 5) is 11.8. The number of ether oxygens (including phenoxy) is 1. The second kappa shape index (κ2) is 6.43. The van der Waals surface area contributed by atoms with Crippen molar-refractivity contribution in [3.63, 3.8) is 0 Å². The zero-order chi connectivity index (χ0) is 15.5. The maximum Gasteiger partial charge on any atom is 0.419 e. The predicted molar refractivity (Wildman–Crippen MR) is 67.3 cm³/mol. The lowest BCUT2D eigenvalue weighted by molar-refractivity contribution is -0.140. The summed E-state index contributed by atoms with van der Waals surface area (Å²) in [5, 5.41) is 2.52. The summed E-state index contributed by atoms with van der Waals surface area (Å²) in [5.74, 6) is -2.04. The number of alkyl halides is 3. The van der Waals surface area contributed by atoms with E-state index in [-0.39, 0.29) is 11.7 Å². The van der Waals surface area contributed by atoms with Crippen LogP contribution in [0.5, 0.6) is 0 Å². The van der Waals surface area contributed by atoms with Crippen molar-refractivity contribution in [3.8, 4) is 0 Å². The predicted octanol–water partition coefficient (Wildman–Crippen LogP) is 3.14. The normalized spacial score (nSPS) is 18.8. The Morgan fingerprint density at radius 1 is 1.38 bits per heavy atom. The number of carbonyl (C=O) groups excluding carboxylic acids is 1. The van der Waals surface area contributed by atoms with Crippen LogP contribution >= 0.6 is 0 Å². The molecule has 1 amide bonds. The molecule has 1 saturated heterocycles. The topological polar surface area (TPSA) is 38.3 Å². The highest BCUT2D eigenvalue weighted by atomic mass is 19.4. The largest absolute Gasteiger partial charge is 0.419 e. The molecule has 0 spiro atoms. The lowest BCUT2D eigenvalue weighted by Gasteiger charge is -2.12. The van der Waals surface area contributed by atoms with E-state index in [2.05, 4.69) is 5.32 Å². The minimum atomic E-state index is -4.82. The number of hydrogen-bond acceptors (Lipinski definition) is 2. The quantitative estimate of drug-likeness (QED) is 0.868. The Balaban J connectivity index is 1.95. The molecule has 1 heterocycles. The number of benzene rings is 1. The van der Waals surface area contributed by atoms with Crippen LogP contribution in [0, 0.1) is 5.82 Å². The van der Waals surface area contributed by atoms with E-state index in [1.807, 2.05) is 0 Å². The van der Waals surface area contributed by atoms with Gasteiger partial charge in [0.1, 0.15) is 5.82 Å². The highest BCUT2D eigenvalue weighted by Crippen LogP contribution is 2.31. The minimum absolute atomic E-state index is 0.0873. The summed E-state index contributed by atoms with van der Waals surface area (Å²) in [5.41, 5.74) is -1.65. The van der Waals surface area contributed by atoms with Gasteiger partial charge in [-0.1, -0.05) is 0 Å². The fraction of sp³-hybridized carbons (Fsp3) is 0.500. The van der Waals surface area contributed by atoms with Gasteiger partial charge in [0.15, 0.2) is 0 Å². The van der Waals surface area contributed by atoms with E-state index in [1.54, 1.807) is 0 Å². The SMILES string of the molecule is O=C(NCCC1CCCO1)c1ccc(F)c(C(F)(F)F)c1. The molecule has 0 aromatic heterocycles. The Bertz CT molecular complexity index is 510. The second-order valence-electron chi connectivity index (χ2n) is 4.87. The zero-order valence-electron chi connectivity index (χ0n) is 11.2. The second-order valence-corrected chi connectivity index (χ2v) is 4.87. The summed E-state index contributed by atoms with van der Waals surface area (Å²) in [6, 6.07) is 2.21. The Hall–Kier alpha value is -1.63. The Labute approximate surface area is 119 Å². The van der Waals surface area contributed by atoms with Gasteiger partial charge in [-0.25, -0.2) is 4.39 Å². The van der Waals surface area contributed by atoms with Gasteiger partial charge in [-0.05, 0) is 37.5 Å². The Kier molecular flexibility index (Phi) is 4.82. The summed E-state index contributed by atoms with van der Waals surface area (Å²) in [6.45, 7) is 1.01. The maximum absolute atomic E-state index is 13.1. The molecule has 1 aromatic rings. The van der Waals surface area contributed by atoms with Crippen LogP contribution in [0.2, 0.25) is 0 Å². The van der Waals surface area contributed by atoms with Gasteiger partial charge in [0.2, 0.25) is 0 Å². The van der Waals surface area contributed by atoms with Gasteiger partial charge in [-0.3, -0.25) is 4.79 Å². The number of halogens is 4. The highest BCUT2D eigenvalue weighted by molar-refractivity contribution is 5.94. The number of rotatable bonds is 4. The molecule has 1 aliphatic rings. The van der Waals surface area contributed by atoms with Gasteiger partial charge in [-0.2, -0.15) is 13.2 Å². The summed E-state index contributed by atoms with van der Waals surface area (Å²) in [6.07, 6.45) is -2.22. The molecule has 0 radical (unpaired) electrons. The zero-order valence-corrected chi connectivity index (χ0v) is 11.2. The number of amides is 1. The molecular formula is C14H15F4NO2. The molecule has 116 valence electrons. The highest BCUT2D eigenvalue weighted by Gasteiger charge is 2.34. The van der Waals surface area contributed by atoms with Crippen LogP contribution in [0.1, 0.15) is 35.2 Å². The third kappa shape index (κ3) is 4.17. The van der Waals surface area contributed by atoms with E-state index in [0.29, 0.717) is 31.7 Å². The van der Waals surface area contributed by atoms with Gasteiger partial charge in [0.05, 0.1) is 11.7 Å². The molecule has 1 atom stereocenters. The van der Waals surface area contributed by atoms with Gasteiger partial charge >= 0.3 is 6.18 Å². The lowest BCUT2D eigenvalue weighted by Crippen LogP contribution is -2.27. The Morgan fingerprint density at radius 3 is 2.76 bits per heavy atom. The third-order valence-corrected chi connectivity index (χ3v) is 3.31. The molecule has 0 saturated carbocycles.